The molecule has 0 aliphatic carbocycles. The third-order valence-electron chi connectivity index (χ3n) is 4.22. The number of fused-ring (bicyclic) bond motifs is 1. The predicted molar refractivity (Wildman–Crippen MR) is 117 cm³/mol. The standard InChI is InChI=1S/C21H15Cl2N3O2S/c1-28-17-5-6-19-18(11-17)25-21(29-19)26(12-16-4-2-3-7-24-16)20(27)13-8-14(22)10-15(23)9-13/h2-11H,12H2,1H3. The Labute approximate surface area is 181 Å². The van der Waals surface area contributed by atoms with Crippen molar-refractivity contribution in [2.24, 2.45) is 0 Å². The number of amides is 1. The van der Waals surface area contributed by atoms with Crippen LogP contribution in [0.5, 0.6) is 5.75 Å². The molecule has 0 atom stereocenters. The fourth-order valence-corrected chi connectivity index (χ4v) is 4.32. The van der Waals surface area contributed by atoms with Crippen molar-refractivity contribution in [1.29, 1.82) is 0 Å². The SMILES string of the molecule is COc1ccc2sc(N(Cc3ccccn3)C(=O)c3cc(Cl)cc(Cl)c3)nc2c1. The second kappa shape index (κ2) is 8.37. The molecule has 0 unspecified atom stereocenters. The average molecular weight is 444 g/mol. The van der Waals surface area contributed by atoms with Gasteiger partial charge in [0.25, 0.3) is 5.91 Å². The first-order valence-electron chi connectivity index (χ1n) is 8.66. The number of pyridine rings is 1. The van der Waals surface area contributed by atoms with E-state index in [1.165, 1.54) is 11.3 Å². The van der Waals surface area contributed by atoms with Gasteiger partial charge in [-0.3, -0.25) is 14.7 Å². The molecule has 0 bridgehead atoms. The summed E-state index contributed by atoms with van der Waals surface area (Å²) in [5.41, 5.74) is 1.88. The van der Waals surface area contributed by atoms with Crippen LogP contribution in [0.25, 0.3) is 10.2 Å². The van der Waals surface area contributed by atoms with Crippen molar-refractivity contribution in [1.82, 2.24) is 9.97 Å². The molecule has 8 heteroatoms. The van der Waals surface area contributed by atoms with Crippen LogP contribution >= 0.6 is 34.5 Å². The van der Waals surface area contributed by atoms with Crippen molar-refractivity contribution in [3.63, 3.8) is 0 Å². The van der Waals surface area contributed by atoms with E-state index in [1.807, 2.05) is 36.4 Å². The average Bonchev–Trinajstić information content (AvgIpc) is 3.14. The number of anilines is 1. The van der Waals surface area contributed by atoms with E-state index in [0.29, 0.717) is 26.5 Å². The molecule has 0 fully saturated rings. The molecule has 0 spiro atoms. The third-order valence-corrected chi connectivity index (χ3v) is 5.71. The molecule has 0 aliphatic heterocycles. The molecule has 2 aromatic heterocycles. The lowest BCUT2D eigenvalue weighted by atomic mass is 10.2. The van der Waals surface area contributed by atoms with Gasteiger partial charge in [0, 0.05) is 27.9 Å². The Morgan fingerprint density at radius 2 is 1.90 bits per heavy atom. The lowest BCUT2D eigenvalue weighted by Gasteiger charge is -2.20. The molecule has 29 heavy (non-hydrogen) atoms. The van der Waals surface area contributed by atoms with Crippen LogP contribution in [0.4, 0.5) is 5.13 Å². The van der Waals surface area contributed by atoms with Gasteiger partial charge in [-0.25, -0.2) is 4.98 Å². The van der Waals surface area contributed by atoms with Crippen molar-refractivity contribution in [3.05, 3.63) is 82.1 Å². The second-order valence-electron chi connectivity index (χ2n) is 6.20. The van der Waals surface area contributed by atoms with Gasteiger partial charge in [-0.2, -0.15) is 0 Å². The van der Waals surface area contributed by atoms with Crippen molar-refractivity contribution in [2.45, 2.75) is 6.54 Å². The molecule has 2 heterocycles. The van der Waals surface area contributed by atoms with Crippen LogP contribution in [-0.2, 0) is 6.54 Å². The summed E-state index contributed by atoms with van der Waals surface area (Å²) in [4.78, 5) is 24.0. The van der Waals surface area contributed by atoms with Crippen molar-refractivity contribution in [3.8, 4) is 5.75 Å². The molecule has 0 saturated heterocycles. The fourth-order valence-electron chi connectivity index (χ4n) is 2.85. The number of ether oxygens (including phenoxy) is 1. The predicted octanol–water partition coefficient (Wildman–Crippen LogP) is 5.85. The zero-order valence-corrected chi connectivity index (χ0v) is 17.6. The molecule has 1 amide bonds. The van der Waals surface area contributed by atoms with Gasteiger partial charge in [-0.05, 0) is 42.5 Å². The summed E-state index contributed by atoms with van der Waals surface area (Å²) < 4.78 is 6.22. The van der Waals surface area contributed by atoms with E-state index in [0.717, 1.165) is 15.9 Å². The minimum absolute atomic E-state index is 0.258. The first-order chi connectivity index (χ1) is 14.0. The zero-order chi connectivity index (χ0) is 20.4. The highest BCUT2D eigenvalue weighted by molar-refractivity contribution is 7.22. The van der Waals surface area contributed by atoms with Crippen LogP contribution in [0, 0.1) is 0 Å². The lowest BCUT2D eigenvalue weighted by Crippen LogP contribution is -2.30. The molecule has 0 radical (unpaired) electrons. The molecule has 0 saturated carbocycles. The maximum atomic E-state index is 13.4. The number of hydrogen-bond donors (Lipinski definition) is 0. The van der Waals surface area contributed by atoms with Gasteiger partial charge in [0.15, 0.2) is 5.13 Å². The maximum absolute atomic E-state index is 13.4. The largest absolute Gasteiger partial charge is 0.497 e. The normalized spacial score (nSPS) is 10.9. The molecular weight excluding hydrogens is 429 g/mol. The highest BCUT2D eigenvalue weighted by atomic mass is 35.5. The molecule has 2 aromatic carbocycles. The van der Waals surface area contributed by atoms with Crippen LogP contribution in [0.3, 0.4) is 0 Å². The van der Waals surface area contributed by atoms with E-state index < -0.39 is 0 Å². The summed E-state index contributed by atoms with van der Waals surface area (Å²) in [6, 6.07) is 16.0. The number of rotatable bonds is 5. The Morgan fingerprint density at radius 3 is 2.59 bits per heavy atom. The minimum atomic E-state index is -0.258. The van der Waals surface area contributed by atoms with Crippen LogP contribution in [-0.4, -0.2) is 23.0 Å². The second-order valence-corrected chi connectivity index (χ2v) is 8.08. The van der Waals surface area contributed by atoms with E-state index in [-0.39, 0.29) is 12.5 Å². The van der Waals surface area contributed by atoms with E-state index in [9.17, 15) is 4.79 Å². The molecule has 146 valence electrons. The van der Waals surface area contributed by atoms with Gasteiger partial charge in [-0.1, -0.05) is 40.6 Å². The number of halogens is 2. The Hall–Kier alpha value is -2.67. The highest BCUT2D eigenvalue weighted by Gasteiger charge is 2.23. The van der Waals surface area contributed by atoms with E-state index in [2.05, 4.69) is 9.97 Å². The van der Waals surface area contributed by atoms with Gasteiger partial charge in [0.2, 0.25) is 0 Å². The fraction of sp³-hybridized carbons (Fsp3) is 0.0952. The van der Waals surface area contributed by atoms with E-state index in [1.54, 1.807) is 36.4 Å². The Kier molecular flexibility index (Phi) is 5.67. The quantitative estimate of drug-likeness (QED) is 0.387. The summed E-state index contributed by atoms with van der Waals surface area (Å²) in [6.45, 7) is 0.265. The summed E-state index contributed by atoms with van der Waals surface area (Å²) in [5, 5.41) is 1.35. The van der Waals surface area contributed by atoms with E-state index in [4.69, 9.17) is 27.9 Å². The van der Waals surface area contributed by atoms with Gasteiger partial charge >= 0.3 is 0 Å². The summed E-state index contributed by atoms with van der Waals surface area (Å²) in [6.07, 6.45) is 1.69. The van der Waals surface area contributed by atoms with Crippen LogP contribution < -0.4 is 9.64 Å². The summed E-state index contributed by atoms with van der Waals surface area (Å²) in [5.74, 6) is 0.449. The number of carbonyl (C=O) groups is 1. The van der Waals surface area contributed by atoms with Crippen molar-refractivity contribution < 1.29 is 9.53 Å². The Balaban J connectivity index is 1.78. The maximum Gasteiger partial charge on any atom is 0.260 e. The first kappa shape index (κ1) is 19.6. The van der Waals surface area contributed by atoms with Crippen LogP contribution in [0.15, 0.2) is 60.8 Å². The van der Waals surface area contributed by atoms with Gasteiger partial charge in [0.1, 0.15) is 5.75 Å². The van der Waals surface area contributed by atoms with E-state index >= 15 is 0 Å². The Morgan fingerprint density at radius 1 is 1.10 bits per heavy atom. The molecule has 4 rings (SSSR count). The summed E-state index contributed by atoms with van der Waals surface area (Å²) >= 11 is 13.6. The number of hydrogen-bond acceptors (Lipinski definition) is 5. The number of benzene rings is 2. The van der Waals surface area contributed by atoms with Crippen LogP contribution in [0.1, 0.15) is 16.1 Å². The van der Waals surface area contributed by atoms with Crippen molar-refractivity contribution >= 4 is 55.8 Å². The van der Waals surface area contributed by atoms with Gasteiger partial charge in [0.05, 0.1) is 29.6 Å². The highest BCUT2D eigenvalue weighted by Crippen LogP contribution is 2.33. The van der Waals surface area contributed by atoms with Gasteiger partial charge < -0.3 is 4.74 Å². The monoisotopic (exact) mass is 443 g/mol. The zero-order valence-electron chi connectivity index (χ0n) is 15.3. The minimum Gasteiger partial charge on any atom is -0.497 e. The third kappa shape index (κ3) is 4.34. The number of methoxy groups -OCH3 is 1. The molecule has 0 N–H and O–H groups in total. The lowest BCUT2D eigenvalue weighted by molar-refractivity contribution is 0.0985. The number of carbonyl (C=O) groups excluding carboxylic acids is 1. The molecule has 5 nitrogen and oxygen atoms in total. The molecular formula is C21H15Cl2N3O2S. The number of aromatic nitrogens is 2. The summed E-state index contributed by atoms with van der Waals surface area (Å²) in [7, 11) is 1.61. The molecule has 4 aromatic rings. The smallest absolute Gasteiger partial charge is 0.260 e. The van der Waals surface area contributed by atoms with Crippen LogP contribution in [0.2, 0.25) is 10.0 Å². The van der Waals surface area contributed by atoms with Crippen molar-refractivity contribution in [2.75, 3.05) is 12.0 Å². The van der Waals surface area contributed by atoms with Gasteiger partial charge in [-0.15, -0.1) is 0 Å². The Bertz CT molecular complexity index is 1160. The first-order valence-corrected chi connectivity index (χ1v) is 10.2. The number of thiazole rings is 1. The topological polar surface area (TPSA) is 55.3 Å². The number of nitrogens with zero attached hydrogens (tertiary/aromatic N) is 3. The molecule has 0 aliphatic rings.